The summed E-state index contributed by atoms with van der Waals surface area (Å²) in [6.45, 7) is 1.67. The van der Waals surface area contributed by atoms with E-state index in [1.807, 2.05) is 0 Å². The van der Waals surface area contributed by atoms with E-state index in [1.54, 1.807) is 31.2 Å². The summed E-state index contributed by atoms with van der Waals surface area (Å²) in [6.07, 6.45) is 1.09. The van der Waals surface area contributed by atoms with E-state index in [0.29, 0.717) is 17.0 Å². The van der Waals surface area contributed by atoms with Gasteiger partial charge in [0.1, 0.15) is 5.82 Å². The van der Waals surface area contributed by atoms with Crippen LogP contribution in [0.3, 0.4) is 0 Å². The number of hydrogen-bond donors (Lipinski definition) is 3. The van der Waals surface area contributed by atoms with Gasteiger partial charge in [0.2, 0.25) is 0 Å². The van der Waals surface area contributed by atoms with E-state index in [9.17, 15) is 13.2 Å². The Morgan fingerprint density at radius 2 is 2.00 bits per heavy atom. The Morgan fingerprint density at radius 1 is 1.33 bits per heavy atom. The summed E-state index contributed by atoms with van der Waals surface area (Å²) in [4.78, 5) is 17.3. The van der Waals surface area contributed by atoms with Crippen LogP contribution in [0.2, 0.25) is 0 Å². The molecule has 1 aromatic heterocycles. The number of aliphatic carboxylic acids is 1. The minimum absolute atomic E-state index is 0.0177. The Labute approximate surface area is 122 Å². The predicted molar refractivity (Wildman–Crippen MR) is 75.1 cm³/mol. The van der Waals surface area contributed by atoms with Crippen LogP contribution in [0, 0.1) is 6.92 Å². The molecule has 0 spiro atoms. The van der Waals surface area contributed by atoms with Crippen LogP contribution in [-0.4, -0.2) is 29.5 Å². The number of carbonyl (C=O) groups is 1. The van der Waals surface area contributed by atoms with Gasteiger partial charge in [0.05, 0.1) is 12.6 Å². The standard InChI is InChI=1S/C13H15N3O4S/c1-9-14-8-12(16-9)21(19,20)15-7-11-5-3-2-4-10(11)6-13(17)18/h2-5,8,15H,6-7H2,1H3,(H,14,16)(H,17,18). The van der Waals surface area contributed by atoms with Gasteiger partial charge in [-0.15, -0.1) is 0 Å². The lowest BCUT2D eigenvalue weighted by Gasteiger charge is -2.09. The minimum atomic E-state index is -3.70. The predicted octanol–water partition coefficient (Wildman–Crippen LogP) is 0.824. The normalized spacial score (nSPS) is 11.5. The molecule has 0 aliphatic carbocycles. The molecule has 112 valence electrons. The minimum Gasteiger partial charge on any atom is -0.481 e. The van der Waals surface area contributed by atoms with Gasteiger partial charge in [-0.1, -0.05) is 24.3 Å². The molecule has 0 atom stereocenters. The van der Waals surface area contributed by atoms with Gasteiger partial charge in [0.15, 0.2) is 5.03 Å². The number of aromatic nitrogens is 2. The summed E-state index contributed by atoms with van der Waals surface area (Å²) < 4.78 is 26.5. The topological polar surface area (TPSA) is 112 Å². The number of carboxylic acids is 1. The van der Waals surface area contributed by atoms with Crippen molar-refractivity contribution in [2.45, 2.75) is 24.9 Å². The molecule has 0 bridgehead atoms. The van der Waals surface area contributed by atoms with Crippen LogP contribution < -0.4 is 4.72 Å². The summed E-state index contributed by atoms with van der Waals surface area (Å²) >= 11 is 0. The zero-order chi connectivity index (χ0) is 15.5. The van der Waals surface area contributed by atoms with Crippen molar-refractivity contribution < 1.29 is 18.3 Å². The Balaban J connectivity index is 2.15. The lowest BCUT2D eigenvalue weighted by atomic mass is 10.1. The summed E-state index contributed by atoms with van der Waals surface area (Å²) in [6, 6.07) is 6.81. The van der Waals surface area contributed by atoms with Crippen molar-refractivity contribution in [2.24, 2.45) is 0 Å². The molecule has 2 rings (SSSR count). The molecule has 0 aliphatic rings. The molecule has 0 saturated heterocycles. The van der Waals surface area contributed by atoms with Crippen molar-refractivity contribution in [1.29, 1.82) is 0 Å². The third kappa shape index (κ3) is 3.89. The fourth-order valence-electron chi connectivity index (χ4n) is 1.85. The van der Waals surface area contributed by atoms with Crippen LogP contribution in [0.1, 0.15) is 17.0 Å². The molecule has 7 nitrogen and oxygen atoms in total. The van der Waals surface area contributed by atoms with Crippen LogP contribution in [0.15, 0.2) is 35.5 Å². The fraction of sp³-hybridized carbons (Fsp3) is 0.231. The van der Waals surface area contributed by atoms with Crippen LogP contribution in [0.5, 0.6) is 0 Å². The van der Waals surface area contributed by atoms with Gasteiger partial charge < -0.3 is 10.1 Å². The molecule has 0 saturated carbocycles. The molecule has 3 N–H and O–H groups in total. The lowest BCUT2D eigenvalue weighted by Crippen LogP contribution is -2.24. The molecule has 2 aromatic rings. The molecule has 1 aromatic carbocycles. The molecule has 0 fully saturated rings. The van der Waals surface area contributed by atoms with E-state index < -0.39 is 16.0 Å². The van der Waals surface area contributed by atoms with Gasteiger partial charge in [-0.2, -0.15) is 0 Å². The van der Waals surface area contributed by atoms with E-state index in [4.69, 9.17) is 5.11 Å². The number of hydrogen-bond acceptors (Lipinski definition) is 4. The average Bonchev–Trinajstić information content (AvgIpc) is 2.85. The molecule has 0 unspecified atom stereocenters. The third-order valence-electron chi connectivity index (χ3n) is 2.88. The molecule has 0 aliphatic heterocycles. The highest BCUT2D eigenvalue weighted by atomic mass is 32.2. The molecule has 8 heteroatoms. The average molecular weight is 309 g/mol. The molecule has 0 amide bonds. The van der Waals surface area contributed by atoms with Gasteiger partial charge >= 0.3 is 5.97 Å². The van der Waals surface area contributed by atoms with Gasteiger partial charge in [0, 0.05) is 6.54 Å². The first-order valence-corrected chi connectivity index (χ1v) is 7.66. The first-order chi connectivity index (χ1) is 9.88. The maximum Gasteiger partial charge on any atom is 0.307 e. The number of sulfonamides is 1. The van der Waals surface area contributed by atoms with Gasteiger partial charge in [-0.3, -0.25) is 4.79 Å². The van der Waals surface area contributed by atoms with Crippen LogP contribution in [0.25, 0.3) is 0 Å². The third-order valence-corrected chi connectivity index (χ3v) is 4.19. The van der Waals surface area contributed by atoms with Gasteiger partial charge in [0.25, 0.3) is 10.0 Å². The molecular weight excluding hydrogens is 294 g/mol. The molecule has 0 radical (unpaired) electrons. The van der Waals surface area contributed by atoms with E-state index in [2.05, 4.69) is 14.7 Å². The van der Waals surface area contributed by atoms with Crippen LogP contribution >= 0.6 is 0 Å². The lowest BCUT2D eigenvalue weighted by molar-refractivity contribution is -0.136. The monoisotopic (exact) mass is 309 g/mol. The molecule has 1 heterocycles. The van der Waals surface area contributed by atoms with Crippen molar-refractivity contribution in [2.75, 3.05) is 0 Å². The smallest absolute Gasteiger partial charge is 0.307 e. The Morgan fingerprint density at radius 3 is 2.57 bits per heavy atom. The van der Waals surface area contributed by atoms with E-state index in [-0.39, 0.29) is 18.0 Å². The Hall–Kier alpha value is -2.19. The first-order valence-electron chi connectivity index (χ1n) is 6.18. The first kappa shape index (κ1) is 15.2. The van der Waals surface area contributed by atoms with Crippen molar-refractivity contribution in [1.82, 2.24) is 14.7 Å². The highest BCUT2D eigenvalue weighted by Crippen LogP contribution is 2.12. The zero-order valence-corrected chi connectivity index (χ0v) is 12.1. The van der Waals surface area contributed by atoms with Crippen molar-refractivity contribution in [3.8, 4) is 0 Å². The van der Waals surface area contributed by atoms with Gasteiger partial charge in [-0.25, -0.2) is 18.1 Å². The van der Waals surface area contributed by atoms with Crippen LogP contribution in [-0.2, 0) is 27.8 Å². The van der Waals surface area contributed by atoms with Crippen molar-refractivity contribution in [3.63, 3.8) is 0 Å². The number of imidazole rings is 1. The number of aromatic amines is 1. The highest BCUT2D eigenvalue weighted by Gasteiger charge is 2.17. The quantitative estimate of drug-likeness (QED) is 0.731. The SMILES string of the molecule is Cc1ncc(S(=O)(=O)NCc2ccccc2CC(=O)O)[nH]1. The van der Waals surface area contributed by atoms with Crippen LogP contribution in [0.4, 0.5) is 0 Å². The second-order valence-electron chi connectivity index (χ2n) is 4.50. The second kappa shape index (κ2) is 6.06. The largest absolute Gasteiger partial charge is 0.481 e. The summed E-state index contributed by atoms with van der Waals surface area (Å²) in [5.41, 5.74) is 1.20. The van der Waals surface area contributed by atoms with E-state index in [0.717, 1.165) is 0 Å². The summed E-state index contributed by atoms with van der Waals surface area (Å²) in [5.74, 6) is -0.462. The Kier molecular flexibility index (Phi) is 4.39. The van der Waals surface area contributed by atoms with E-state index in [1.165, 1.54) is 6.20 Å². The zero-order valence-electron chi connectivity index (χ0n) is 11.3. The number of H-pyrrole nitrogens is 1. The maximum atomic E-state index is 12.1. The summed E-state index contributed by atoms with van der Waals surface area (Å²) in [7, 11) is -3.70. The fourth-order valence-corrected chi connectivity index (χ4v) is 2.83. The highest BCUT2D eigenvalue weighted by molar-refractivity contribution is 7.89. The number of nitrogens with zero attached hydrogens (tertiary/aromatic N) is 1. The number of carboxylic acid groups (broad SMARTS) is 1. The van der Waals surface area contributed by atoms with Crippen molar-refractivity contribution >= 4 is 16.0 Å². The maximum absolute atomic E-state index is 12.1. The van der Waals surface area contributed by atoms with Crippen molar-refractivity contribution in [3.05, 3.63) is 47.4 Å². The number of aryl methyl sites for hydroxylation is 1. The summed E-state index contributed by atoms with van der Waals surface area (Å²) in [5, 5.41) is 8.83. The Bertz CT molecular complexity index is 752. The molecule has 21 heavy (non-hydrogen) atoms. The second-order valence-corrected chi connectivity index (χ2v) is 6.23. The number of nitrogens with one attached hydrogen (secondary N) is 2. The molecular formula is C13H15N3O4S. The number of rotatable bonds is 6. The van der Waals surface area contributed by atoms with E-state index >= 15 is 0 Å². The number of benzene rings is 1. The van der Waals surface area contributed by atoms with Gasteiger partial charge in [-0.05, 0) is 18.1 Å².